The number of aromatic nitrogens is 5. The van der Waals surface area contributed by atoms with Gasteiger partial charge in [0.2, 0.25) is 0 Å². The number of anilines is 1. The zero-order valence-corrected chi connectivity index (χ0v) is 15.1. The van der Waals surface area contributed by atoms with E-state index in [1.54, 1.807) is 6.33 Å². The number of benzene rings is 2. The fraction of sp³-hybridized carbons (Fsp3) is 0.136. The van der Waals surface area contributed by atoms with Crippen molar-refractivity contribution < 1.29 is 0 Å². The van der Waals surface area contributed by atoms with Gasteiger partial charge in [-0.3, -0.25) is 5.10 Å². The number of fused-ring (bicyclic) bond motifs is 4. The van der Waals surface area contributed by atoms with Gasteiger partial charge in [-0.1, -0.05) is 48.5 Å². The molecule has 0 radical (unpaired) electrons. The lowest BCUT2D eigenvalue weighted by molar-refractivity contribution is 0.638. The van der Waals surface area contributed by atoms with Gasteiger partial charge in [0.05, 0.1) is 17.6 Å². The average Bonchev–Trinajstić information content (AvgIpc) is 3.38. The van der Waals surface area contributed by atoms with Crippen molar-refractivity contribution >= 4 is 27.8 Å². The van der Waals surface area contributed by atoms with Gasteiger partial charge in [-0.2, -0.15) is 5.10 Å². The number of para-hydroxylation sites is 1. The van der Waals surface area contributed by atoms with E-state index in [9.17, 15) is 0 Å². The largest absolute Gasteiger partial charge is 0.356 e. The maximum atomic E-state index is 4.65. The first-order valence-electron chi connectivity index (χ1n) is 9.45. The molecule has 1 aliphatic rings. The van der Waals surface area contributed by atoms with E-state index in [1.807, 2.05) is 6.20 Å². The Morgan fingerprint density at radius 2 is 1.79 bits per heavy atom. The van der Waals surface area contributed by atoms with Crippen LogP contribution >= 0.6 is 0 Å². The third-order valence-corrected chi connectivity index (χ3v) is 5.65. The van der Waals surface area contributed by atoms with Gasteiger partial charge in [-0.05, 0) is 23.6 Å². The Labute approximate surface area is 161 Å². The van der Waals surface area contributed by atoms with Gasteiger partial charge < -0.3 is 9.88 Å². The molecule has 4 heterocycles. The van der Waals surface area contributed by atoms with Crippen molar-refractivity contribution in [3.63, 3.8) is 0 Å². The number of H-pyrrole nitrogens is 2. The highest BCUT2D eigenvalue weighted by Crippen LogP contribution is 2.41. The second-order valence-corrected chi connectivity index (χ2v) is 7.15. The summed E-state index contributed by atoms with van der Waals surface area (Å²) in [5.74, 6) is 0.914. The molecule has 0 amide bonds. The molecule has 0 fully saturated rings. The van der Waals surface area contributed by atoms with Crippen LogP contribution in [0.3, 0.4) is 0 Å². The van der Waals surface area contributed by atoms with E-state index in [0.717, 1.165) is 29.8 Å². The molecule has 0 aliphatic carbocycles. The van der Waals surface area contributed by atoms with Crippen LogP contribution in [0.15, 0.2) is 67.1 Å². The van der Waals surface area contributed by atoms with Gasteiger partial charge in [-0.15, -0.1) is 0 Å². The number of nitrogens with one attached hydrogen (secondary N) is 2. The lowest BCUT2D eigenvalue weighted by atomic mass is 9.92. The average molecular weight is 366 g/mol. The Kier molecular flexibility index (Phi) is 3.25. The van der Waals surface area contributed by atoms with Crippen LogP contribution in [0.5, 0.6) is 0 Å². The van der Waals surface area contributed by atoms with Crippen LogP contribution in [-0.4, -0.2) is 31.7 Å². The Bertz CT molecular complexity index is 1290. The fourth-order valence-corrected chi connectivity index (χ4v) is 4.43. The van der Waals surface area contributed by atoms with Crippen LogP contribution in [0.4, 0.5) is 5.82 Å². The molecule has 136 valence electrons. The summed E-state index contributed by atoms with van der Waals surface area (Å²) >= 11 is 0. The predicted octanol–water partition coefficient (Wildman–Crippen LogP) is 3.99. The molecule has 1 unspecified atom stereocenters. The minimum atomic E-state index is 0.0605. The van der Waals surface area contributed by atoms with Crippen LogP contribution in [-0.2, 0) is 6.42 Å². The summed E-state index contributed by atoms with van der Waals surface area (Å²) in [6.45, 7) is 0.881. The van der Waals surface area contributed by atoms with Crippen molar-refractivity contribution in [2.45, 2.75) is 12.5 Å². The highest BCUT2D eigenvalue weighted by Gasteiger charge is 2.33. The van der Waals surface area contributed by atoms with Crippen molar-refractivity contribution in [1.29, 1.82) is 0 Å². The number of aromatic amines is 2. The second kappa shape index (κ2) is 5.92. The summed E-state index contributed by atoms with van der Waals surface area (Å²) in [7, 11) is 0. The molecule has 1 atom stereocenters. The van der Waals surface area contributed by atoms with E-state index in [0.29, 0.717) is 0 Å². The summed E-state index contributed by atoms with van der Waals surface area (Å²) in [6.07, 6.45) is 4.39. The smallest absolute Gasteiger partial charge is 0.160 e. The summed E-state index contributed by atoms with van der Waals surface area (Å²) in [6, 6.07) is 19.2. The number of hydrogen-bond donors (Lipinski definition) is 2. The highest BCUT2D eigenvalue weighted by atomic mass is 15.3. The minimum Gasteiger partial charge on any atom is -0.356 e. The lowest BCUT2D eigenvalue weighted by Crippen LogP contribution is -2.36. The first kappa shape index (κ1) is 15.4. The van der Waals surface area contributed by atoms with Crippen molar-refractivity contribution in [3.8, 4) is 0 Å². The molecule has 0 spiro atoms. The van der Waals surface area contributed by atoms with Gasteiger partial charge in [-0.25, -0.2) is 9.97 Å². The summed E-state index contributed by atoms with van der Waals surface area (Å²) in [5.41, 5.74) is 5.84. The molecule has 3 aromatic heterocycles. The van der Waals surface area contributed by atoms with Gasteiger partial charge in [0.1, 0.15) is 12.1 Å². The van der Waals surface area contributed by atoms with Crippen LogP contribution in [0.2, 0.25) is 0 Å². The zero-order valence-electron chi connectivity index (χ0n) is 15.1. The van der Waals surface area contributed by atoms with Gasteiger partial charge in [0, 0.05) is 23.1 Å². The Morgan fingerprint density at radius 1 is 0.929 bits per heavy atom. The van der Waals surface area contributed by atoms with E-state index in [1.165, 1.54) is 27.7 Å². The number of rotatable bonds is 2. The molecule has 6 nitrogen and oxygen atoms in total. The number of nitrogens with zero attached hydrogens (tertiary/aromatic N) is 4. The lowest BCUT2D eigenvalue weighted by Gasteiger charge is -2.37. The Morgan fingerprint density at radius 3 is 2.71 bits per heavy atom. The van der Waals surface area contributed by atoms with E-state index >= 15 is 0 Å². The standard InChI is InChI=1S/C22H18N6/c1-2-6-14(7-3-1)20-19-16(15-8-4-5-9-18(15)26-19)10-11-28(20)22-17-12-25-27-21(17)23-13-24-22/h1-9,12-13,20,26H,10-11H2,(H,23,24,25,27). The number of hydrogen-bond acceptors (Lipinski definition) is 4. The molecule has 0 saturated carbocycles. The topological polar surface area (TPSA) is 73.5 Å². The maximum Gasteiger partial charge on any atom is 0.160 e. The minimum absolute atomic E-state index is 0.0605. The van der Waals surface area contributed by atoms with Crippen LogP contribution in [0, 0.1) is 0 Å². The quantitative estimate of drug-likeness (QED) is 0.495. The Balaban J connectivity index is 1.60. The molecular weight excluding hydrogens is 348 g/mol. The van der Waals surface area contributed by atoms with E-state index in [2.05, 4.69) is 84.6 Å². The third-order valence-electron chi connectivity index (χ3n) is 5.65. The monoisotopic (exact) mass is 366 g/mol. The van der Waals surface area contributed by atoms with Gasteiger partial charge >= 0.3 is 0 Å². The summed E-state index contributed by atoms with van der Waals surface area (Å²) < 4.78 is 0. The molecular formula is C22H18N6. The second-order valence-electron chi connectivity index (χ2n) is 7.15. The predicted molar refractivity (Wildman–Crippen MR) is 109 cm³/mol. The molecule has 28 heavy (non-hydrogen) atoms. The third kappa shape index (κ3) is 2.18. The summed E-state index contributed by atoms with van der Waals surface area (Å²) in [5, 5.41) is 9.39. The van der Waals surface area contributed by atoms with Crippen LogP contribution < -0.4 is 4.90 Å². The molecule has 2 aromatic carbocycles. The van der Waals surface area contributed by atoms with Crippen molar-refractivity contribution in [1.82, 2.24) is 25.1 Å². The highest BCUT2D eigenvalue weighted by molar-refractivity contribution is 5.89. The van der Waals surface area contributed by atoms with E-state index < -0.39 is 0 Å². The van der Waals surface area contributed by atoms with Gasteiger partial charge in [0.15, 0.2) is 5.65 Å². The first-order valence-corrected chi connectivity index (χ1v) is 9.45. The van der Waals surface area contributed by atoms with Gasteiger partial charge in [0.25, 0.3) is 0 Å². The Hall–Kier alpha value is -3.67. The SMILES string of the molecule is c1ccc(C2c3[nH]c4ccccc4c3CCN2c2ncnc3[nH]ncc23)cc1. The zero-order chi connectivity index (χ0) is 18.5. The molecule has 0 saturated heterocycles. The molecule has 5 aromatic rings. The molecule has 6 rings (SSSR count). The first-order chi connectivity index (χ1) is 13.9. The maximum absolute atomic E-state index is 4.65. The van der Waals surface area contributed by atoms with E-state index in [4.69, 9.17) is 0 Å². The molecule has 0 bridgehead atoms. The van der Waals surface area contributed by atoms with Crippen molar-refractivity contribution in [2.75, 3.05) is 11.4 Å². The molecule has 1 aliphatic heterocycles. The summed E-state index contributed by atoms with van der Waals surface area (Å²) in [4.78, 5) is 15.0. The normalized spacial score (nSPS) is 16.6. The fourth-order valence-electron chi connectivity index (χ4n) is 4.43. The van der Waals surface area contributed by atoms with Crippen LogP contribution in [0.25, 0.3) is 21.9 Å². The van der Waals surface area contributed by atoms with Crippen LogP contribution in [0.1, 0.15) is 22.9 Å². The molecule has 2 N–H and O–H groups in total. The van der Waals surface area contributed by atoms with E-state index in [-0.39, 0.29) is 6.04 Å². The van der Waals surface area contributed by atoms with Crippen molar-refractivity contribution in [3.05, 3.63) is 83.9 Å². The molecule has 6 heteroatoms. The van der Waals surface area contributed by atoms with Crippen molar-refractivity contribution in [2.24, 2.45) is 0 Å².